The van der Waals surface area contributed by atoms with Crippen LogP contribution in [0.2, 0.25) is 0 Å². The zero-order chi connectivity index (χ0) is 21.0. The molecule has 0 aliphatic carbocycles. The number of hydrogen-bond donors (Lipinski definition) is 3. The van der Waals surface area contributed by atoms with Crippen molar-refractivity contribution in [1.82, 2.24) is 15.3 Å². The van der Waals surface area contributed by atoms with E-state index in [2.05, 4.69) is 20.0 Å². The summed E-state index contributed by atoms with van der Waals surface area (Å²) in [6, 6.07) is 12.0. The number of phenolic OH excluding ortho intramolecular Hbond substituents is 1. The van der Waals surface area contributed by atoms with Gasteiger partial charge in [0.25, 0.3) is 5.56 Å². The molecule has 2 aromatic carbocycles. The highest BCUT2D eigenvalue weighted by Gasteiger charge is 2.21. The molecule has 0 spiro atoms. The summed E-state index contributed by atoms with van der Waals surface area (Å²) in [6.07, 6.45) is -0.497. The van der Waals surface area contributed by atoms with Crippen molar-refractivity contribution >= 4 is 17.0 Å². The topological polar surface area (TPSA) is 114 Å². The maximum Gasteiger partial charge on any atom is 0.406 e. The molecule has 1 heterocycles. The number of hydrogen-bond acceptors (Lipinski definition) is 6. The van der Waals surface area contributed by atoms with E-state index < -0.39 is 11.7 Å². The highest BCUT2D eigenvalue weighted by atomic mass is 16.5. The van der Waals surface area contributed by atoms with Crippen LogP contribution < -0.4 is 10.9 Å². The molecule has 0 unspecified atom stereocenters. The Labute approximate surface area is 167 Å². The maximum atomic E-state index is 12.3. The van der Waals surface area contributed by atoms with Crippen LogP contribution in [0.1, 0.15) is 19.4 Å². The van der Waals surface area contributed by atoms with Gasteiger partial charge in [-0.15, -0.1) is 0 Å². The van der Waals surface area contributed by atoms with Gasteiger partial charge in [-0.25, -0.2) is 9.78 Å². The lowest BCUT2D eigenvalue weighted by atomic mass is 9.96. The number of rotatable bonds is 6. The van der Waals surface area contributed by atoms with Crippen LogP contribution in [0.3, 0.4) is 0 Å². The summed E-state index contributed by atoms with van der Waals surface area (Å²) in [5.74, 6) is 0.465. The lowest BCUT2D eigenvalue weighted by molar-refractivity contribution is -0.0195. The van der Waals surface area contributed by atoms with E-state index in [1.54, 1.807) is 6.07 Å². The predicted octanol–water partition coefficient (Wildman–Crippen LogP) is 2.90. The second kappa shape index (κ2) is 8.32. The number of alkyl carbamates (subject to hydrolysis) is 1. The SMILES string of the molecule is COC(=O)NCCOC(C)(C)c1ccc(-c2nc3ccc(O)cc3c(=O)[nH]2)cc1. The lowest BCUT2D eigenvalue weighted by Crippen LogP contribution is -2.30. The van der Waals surface area contributed by atoms with Crippen LogP contribution in [0.15, 0.2) is 47.3 Å². The number of carbonyl (C=O) groups is 1. The number of ether oxygens (including phenoxy) is 2. The Morgan fingerprint density at radius 3 is 2.62 bits per heavy atom. The number of methoxy groups -OCH3 is 1. The monoisotopic (exact) mass is 397 g/mol. The molecule has 0 atom stereocenters. The maximum absolute atomic E-state index is 12.3. The zero-order valence-corrected chi connectivity index (χ0v) is 16.5. The second-order valence-corrected chi connectivity index (χ2v) is 6.97. The van der Waals surface area contributed by atoms with Gasteiger partial charge in [-0.1, -0.05) is 24.3 Å². The summed E-state index contributed by atoms with van der Waals surface area (Å²) in [4.78, 5) is 30.6. The summed E-state index contributed by atoms with van der Waals surface area (Å²) in [7, 11) is 1.31. The number of fused-ring (bicyclic) bond motifs is 1. The Kier molecular flexibility index (Phi) is 5.84. The van der Waals surface area contributed by atoms with Gasteiger partial charge in [-0.3, -0.25) is 4.79 Å². The molecule has 3 aromatic rings. The number of nitrogens with one attached hydrogen (secondary N) is 2. The van der Waals surface area contributed by atoms with Crippen molar-refractivity contribution in [2.75, 3.05) is 20.3 Å². The van der Waals surface area contributed by atoms with E-state index in [0.29, 0.717) is 29.9 Å². The minimum absolute atomic E-state index is 0.0194. The Balaban J connectivity index is 1.76. The van der Waals surface area contributed by atoms with E-state index in [4.69, 9.17) is 4.74 Å². The summed E-state index contributed by atoms with van der Waals surface area (Å²) in [5, 5.41) is 12.4. The second-order valence-electron chi connectivity index (χ2n) is 6.97. The summed E-state index contributed by atoms with van der Waals surface area (Å²) < 4.78 is 10.4. The number of amides is 1. The van der Waals surface area contributed by atoms with Gasteiger partial charge in [-0.05, 0) is 37.6 Å². The molecule has 3 rings (SSSR count). The fraction of sp³-hybridized carbons (Fsp3) is 0.286. The van der Waals surface area contributed by atoms with Gasteiger partial charge >= 0.3 is 6.09 Å². The minimum atomic E-state index is -0.571. The third-order valence-corrected chi connectivity index (χ3v) is 4.56. The Bertz CT molecular complexity index is 1070. The van der Waals surface area contributed by atoms with E-state index >= 15 is 0 Å². The summed E-state index contributed by atoms with van der Waals surface area (Å²) >= 11 is 0. The molecule has 8 nitrogen and oxygen atoms in total. The number of carbonyl (C=O) groups excluding carboxylic acids is 1. The van der Waals surface area contributed by atoms with E-state index in [9.17, 15) is 14.7 Å². The first-order valence-corrected chi connectivity index (χ1v) is 9.10. The van der Waals surface area contributed by atoms with E-state index in [1.807, 2.05) is 38.1 Å². The van der Waals surface area contributed by atoms with Crippen LogP contribution in [0.4, 0.5) is 4.79 Å². The summed E-state index contributed by atoms with van der Waals surface area (Å²) in [6.45, 7) is 4.54. The third kappa shape index (κ3) is 4.72. The van der Waals surface area contributed by atoms with Crippen LogP contribution in [0.25, 0.3) is 22.3 Å². The molecule has 3 N–H and O–H groups in total. The number of aromatic nitrogens is 2. The molecular formula is C21H23N3O5. The molecule has 1 aromatic heterocycles. The number of aromatic amines is 1. The molecule has 1 amide bonds. The highest BCUT2D eigenvalue weighted by molar-refractivity contribution is 5.80. The van der Waals surface area contributed by atoms with Gasteiger partial charge < -0.3 is 24.9 Å². The van der Waals surface area contributed by atoms with Gasteiger partial charge in [0, 0.05) is 12.1 Å². The zero-order valence-electron chi connectivity index (χ0n) is 16.5. The highest BCUT2D eigenvalue weighted by Crippen LogP contribution is 2.27. The quantitative estimate of drug-likeness (QED) is 0.551. The lowest BCUT2D eigenvalue weighted by Gasteiger charge is -2.26. The third-order valence-electron chi connectivity index (χ3n) is 4.56. The molecule has 0 bridgehead atoms. The van der Waals surface area contributed by atoms with Gasteiger partial charge in [0.15, 0.2) is 0 Å². The van der Waals surface area contributed by atoms with Gasteiger partial charge in [0.2, 0.25) is 0 Å². The fourth-order valence-corrected chi connectivity index (χ4v) is 2.91. The average molecular weight is 397 g/mol. The van der Waals surface area contributed by atoms with Crippen LogP contribution in [-0.4, -0.2) is 41.4 Å². The molecule has 0 saturated carbocycles. The molecule has 0 radical (unpaired) electrons. The van der Waals surface area contributed by atoms with Gasteiger partial charge in [-0.2, -0.15) is 0 Å². The molecular weight excluding hydrogens is 374 g/mol. The van der Waals surface area contributed by atoms with Gasteiger partial charge in [0.05, 0.1) is 30.2 Å². The number of H-pyrrole nitrogens is 1. The number of aromatic hydroxyl groups is 1. The predicted molar refractivity (Wildman–Crippen MR) is 109 cm³/mol. The molecule has 8 heteroatoms. The summed E-state index contributed by atoms with van der Waals surface area (Å²) in [5.41, 5.74) is 1.31. The van der Waals surface area contributed by atoms with Gasteiger partial charge in [0.1, 0.15) is 11.6 Å². The Hall–Kier alpha value is -3.39. The van der Waals surface area contributed by atoms with Crippen molar-refractivity contribution in [1.29, 1.82) is 0 Å². The molecule has 0 saturated heterocycles. The standard InChI is InChI=1S/C21H23N3O5/c1-21(2,29-11-10-22-20(27)28-3)14-6-4-13(5-7-14)18-23-17-9-8-15(25)12-16(17)19(26)24-18/h4-9,12,25H,10-11H2,1-3H3,(H,22,27)(H,23,24,26). The largest absolute Gasteiger partial charge is 0.508 e. The molecule has 0 aliphatic heterocycles. The Morgan fingerprint density at radius 1 is 1.21 bits per heavy atom. The van der Waals surface area contributed by atoms with Crippen LogP contribution in [0, 0.1) is 0 Å². The van der Waals surface area contributed by atoms with Crippen molar-refractivity contribution in [3.05, 3.63) is 58.4 Å². The smallest absolute Gasteiger partial charge is 0.406 e. The van der Waals surface area contributed by atoms with Crippen LogP contribution in [0.5, 0.6) is 5.75 Å². The molecule has 0 fully saturated rings. The van der Waals surface area contributed by atoms with Crippen molar-refractivity contribution < 1.29 is 19.4 Å². The van der Waals surface area contributed by atoms with E-state index in [-0.39, 0.29) is 11.3 Å². The number of nitrogens with zero attached hydrogens (tertiary/aromatic N) is 1. The minimum Gasteiger partial charge on any atom is -0.508 e. The van der Waals surface area contributed by atoms with E-state index in [0.717, 1.165) is 11.1 Å². The molecule has 29 heavy (non-hydrogen) atoms. The van der Waals surface area contributed by atoms with Crippen molar-refractivity contribution in [3.63, 3.8) is 0 Å². The van der Waals surface area contributed by atoms with E-state index in [1.165, 1.54) is 19.2 Å². The van der Waals surface area contributed by atoms with Crippen molar-refractivity contribution in [2.45, 2.75) is 19.4 Å². The fourth-order valence-electron chi connectivity index (χ4n) is 2.91. The first-order chi connectivity index (χ1) is 13.8. The molecule has 152 valence electrons. The number of benzene rings is 2. The molecule has 0 aliphatic rings. The van der Waals surface area contributed by atoms with Crippen molar-refractivity contribution in [2.24, 2.45) is 0 Å². The Morgan fingerprint density at radius 2 is 1.93 bits per heavy atom. The first kappa shape index (κ1) is 20.3. The van der Waals surface area contributed by atoms with Crippen LogP contribution in [-0.2, 0) is 15.1 Å². The van der Waals surface area contributed by atoms with Crippen LogP contribution >= 0.6 is 0 Å². The number of phenols is 1. The average Bonchev–Trinajstić information content (AvgIpc) is 2.71. The van der Waals surface area contributed by atoms with Crippen molar-refractivity contribution in [3.8, 4) is 17.1 Å². The normalized spacial score (nSPS) is 11.4. The first-order valence-electron chi connectivity index (χ1n) is 9.10.